The predicted molar refractivity (Wildman–Crippen MR) is 44.0 cm³/mol. The van der Waals surface area contributed by atoms with Gasteiger partial charge >= 0.3 is 5.97 Å². The molecule has 68 valence electrons. The molecule has 2 aliphatic heterocycles. The fourth-order valence-corrected chi connectivity index (χ4v) is 2.31. The maximum atomic E-state index is 11.0. The summed E-state index contributed by atoms with van der Waals surface area (Å²) < 4.78 is 0. The summed E-state index contributed by atoms with van der Waals surface area (Å²) in [5.74, 6) is -0.694. The third kappa shape index (κ3) is 0.881. The third-order valence-electron chi connectivity index (χ3n) is 3.07. The molecule has 4 nitrogen and oxygen atoms in total. The summed E-state index contributed by atoms with van der Waals surface area (Å²) in [6.07, 6.45) is 0.774. The van der Waals surface area contributed by atoms with Crippen LogP contribution in [-0.4, -0.2) is 47.2 Å². The molecule has 0 spiro atoms. The van der Waals surface area contributed by atoms with Crippen molar-refractivity contribution in [1.29, 1.82) is 0 Å². The van der Waals surface area contributed by atoms with E-state index in [0.29, 0.717) is 12.6 Å². The van der Waals surface area contributed by atoms with Crippen molar-refractivity contribution in [3.8, 4) is 0 Å². The molecule has 2 atom stereocenters. The number of carbonyl (C=O) groups is 1. The molecule has 2 unspecified atom stereocenters. The van der Waals surface area contributed by atoms with Crippen molar-refractivity contribution >= 4 is 5.97 Å². The summed E-state index contributed by atoms with van der Waals surface area (Å²) in [6.45, 7) is 4.54. The number of piperazine rings is 1. The van der Waals surface area contributed by atoms with Crippen molar-refractivity contribution in [2.75, 3.05) is 19.6 Å². The van der Waals surface area contributed by atoms with Gasteiger partial charge in [0.2, 0.25) is 0 Å². The minimum absolute atomic E-state index is 0.450. The van der Waals surface area contributed by atoms with Crippen LogP contribution in [0.2, 0.25) is 0 Å². The van der Waals surface area contributed by atoms with Gasteiger partial charge in [-0.15, -0.1) is 0 Å². The number of fused-ring (bicyclic) bond motifs is 2. The normalized spacial score (nSPS) is 40.6. The zero-order chi connectivity index (χ0) is 8.77. The summed E-state index contributed by atoms with van der Waals surface area (Å²) in [5.41, 5.74) is -0.624. The largest absolute Gasteiger partial charge is 0.480 e. The molecule has 0 aromatic carbocycles. The lowest BCUT2D eigenvalue weighted by Gasteiger charge is -2.29. The van der Waals surface area contributed by atoms with Gasteiger partial charge in [0.1, 0.15) is 5.54 Å². The van der Waals surface area contributed by atoms with Gasteiger partial charge in [-0.3, -0.25) is 15.0 Å². The molecule has 0 aliphatic carbocycles. The van der Waals surface area contributed by atoms with Crippen molar-refractivity contribution < 1.29 is 9.90 Å². The van der Waals surface area contributed by atoms with Crippen LogP contribution in [0.1, 0.15) is 13.3 Å². The van der Waals surface area contributed by atoms with E-state index in [1.165, 1.54) is 0 Å². The lowest BCUT2D eigenvalue weighted by atomic mass is 10.0. The zero-order valence-corrected chi connectivity index (χ0v) is 7.21. The zero-order valence-electron chi connectivity index (χ0n) is 7.21. The Morgan fingerprint density at radius 1 is 1.83 bits per heavy atom. The van der Waals surface area contributed by atoms with Gasteiger partial charge in [0.05, 0.1) is 0 Å². The smallest absolute Gasteiger partial charge is 0.325 e. The topological polar surface area (TPSA) is 52.6 Å². The summed E-state index contributed by atoms with van der Waals surface area (Å²) in [4.78, 5) is 13.2. The first-order valence-electron chi connectivity index (χ1n) is 4.40. The predicted octanol–water partition coefficient (Wildman–Crippen LogP) is -0.493. The van der Waals surface area contributed by atoms with Crippen LogP contribution in [0, 0.1) is 0 Å². The van der Waals surface area contributed by atoms with Crippen molar-refractivity contribution in [2.24, 2.45) is 0 Å². The molecule has 0 aromatic heterocycles. The van der Waals surface area contributed by atoms with Crippen LogP contribution in [0.4, 0.5) is 0 Å². The molecular formula is C8H14N2O2. The van der Waals surface area contributed by atoms with Gasteiger partial charge in [-0.25, -0.2) is 0 Å². The first-order valence-corrected chi connectivity index (χ1v) is 4.40. The Morgan fingerprint density at radius 2 is 2.58 bits per heavy atom. The van der Waals surface area contributed by atoms with Crippen LogP contribution >= 0.6 is 0 Å². The first-order chi connectivity index (χ1) is 5.68. The van der Waals surface area contributed by atoms with Crippen molar-refractivity contribution in [2.45, 2.75) is 24.9 Å². The Labute approximate surface area is 71.5 Å². The SMILES string of the molecule is CCN1CC2(C(=O)O)CC1CN2. The maximum absolute atomic E-state index is 11.0. The lowest BCUT2D eigenvalue weighted by Crippen LogP contribution is -2.55. The van der Waals surface area contributed by atoms with E-state index >= 15 is 0 Å². The van der Waals surface area contributed by atoms with Gasteiger partial charge in [-0.1, -0.05) is 6.92 Å². The number of nitrogens with one attached hydrogen (secondary N) is 1. The molecule has 2 fully saturated rings. The molecule has 2 N–H and O–H groups in total. The number of aliphatic carboxylic acids is 1. The molecule has 2 saturated heterocycles. The molecule has 2 bridgehead atoms. The highest BCUT2D eigenvalue weighted by atomic mass is 16.4. The van der Waals surface area contributed by atoms with Gasteiger partial charge in [0.25, 0.3) is 0 Å². The standard InChI is InChI=1S/C8H14N2O2/c1-2-10-5-8(7(11)12)3-6(10)4-9-8/h6,9H,2-5H2,1H3,(H,11,12). The highest BCUT2D eigenvalue weighted by molar-refractivity contribution is 5.80. The van der Waals surface area contributed by atoms with Crippen molar-refractivity contribution in [3.05, 3.63) is 0 Å². The average molecular weight is 170 g/mol. The van der Waals surface area contributed by atoms with Crippen LogP contribution in [-0.2, 0) is 4.79 Å². The molecule has 2 heterocycles. The summed E-state index contributed by atoms with van der Waals surface area (Å²) in [7, 11) is 0. The number of nitrogens with zero attached hydrogens (tertiary/aromatic N) is 1. The Morgan fingerprint density at radius 3 is 3.00 bits per heavy atom. The molecule has 4 heteroatoms. The minimum atomic E-state index is -0.694. The quantitative estimate of drug-likeness (QED) is 0.587. The lowest BCUT2D eigenvalue weighted by molar-refractivity contribution is -0.144. The van der Waals surface area contributed by atoms with Crippen LogP contribution < -0.4 is 5.32 Å². The molecule has 0 radical (unpaired) electrons. The Kier molecular flexibility index (Phi) is 1.63. The second kappa shape index (κ2) is 2.44. The number of rotatable bonds is 2. The van der Waals surface area contributed by atoms with E-state index in [2.05, 4.69) is 17.1 Å². The average Bonchev–Trinajstić information content (AvgIpc) is 2.61. The molecule has 2 aliphatic rings. The summed E-state index contributed by atoms with van der Waals surface area (Å²) in [6, 6.07) is 0.450. The highest BCUT2D eigenvalue weighted by Gasteiger charge is 2.53. The van der Waals surface area contributed by atoms with E-state index in [0.717, 1.165) is 19.5 Å². The van der Waals surface area contributed by atoms with E-state index in [1.807, 2.05) is 0 Å². The number of hydrogen-bond acceptors (Lipinski definition) is 3. The molecule has 2 rings (SSSR count). The molecule has 12 heavy (non-hydrogen) atoms. The van der Waals surface area contributed by atoms with E-state index < -0.39 is 11.5 Å². The number of likely N-dealkylation sites (N-methyl/N-ethyl adjacent to an activating group) is 1. The first kappa shape index (κ1) is 8.01. The third-order valence-corrected chi connectivity index (χ3v) is 3.07. The second-order valence-electron chi connectivity index (χ2n) is 3.69. The van der Waals surface area contributed by atoms with E-state index in [-0.39, 0.29) is 0 Å². The van der Waals surface area contributed by atoms with Crippen LogP contribution in [0.25, 0.3) is 0 Å². The van der Waals surface area contributed by atoms with Gasteiger partial charge in [-0.05, 0) is 13.0 Å². The van der Waals surface area contributed by atoms with Crippen molar-refractivity contribution in [1.82, 2.24) is 10.2 Å². The molecule has 0 saturated carbocycles. The number of likely N-dealkylation sites (tertiary alicyclic amines) is 1. The van der Waals surface area contributed by atoms with Crippen LogP contribution in [0.15, 0.2) is 0 Å². The van der Waals surface area contributed by atoms with E-state index in [1.54, 1.807) is 0 Å². The minimum Gasteiger partial charge on any atom is -0.480 e. The molecule has 0 amide bonds. The number of carboxylic acids is 1. The Balaban J connectivity index is 2.17. The van der Waals surface area contributed by atoms with Gasteiger partial charge in [0, 0.05) is 19.1 Å². The van der Waals surface area contributed by atoms with Gasteiger partial charge in [0.15, 0.2) is 0 Å². The Bertz CT molecular complexity index is 219. The number of carboxylic acid groups (broad SMARTS) is 1. The highest BCUT2D eigenvalue weighted by Crippen LogP contribution is 2.32. The fraction of sp³-hybridized carbons (Fsp3) is 0.875. The molecular weight excluding hydrogens is 156 g/mol. The summed E-state index contributed by atoms with van der Waals surface area (Å²) >= 11 is 0. The monoisotopic (exact) mass is 170 g/mol. The van der Waals surface area contributed by atoms with E-state index in [9.17, 15) is 4.79 Å². The molecule has 0 aromatic rings. The van der Waals surface area contributed by atoms with Crippen molar-refractivity contribution in [3.63, 3.8) is 0 Å². The maximum Gasteiger partial charge on any atom is 0.325 e. The van der Waals surface area contributed by atoms with Crippen LogP contribution in [0.3, 0.4) is 0 Å². The van der Waals surface area contributed by atoms with E-state index in [4.69, 9.17) is 5.11 Å². The van der Waals surface area contributed by atoms with Gasteiger partial charge < -0.3 is 5.11 Å². The number of hydrogen-bond donors (Lipinski definition) is 2. The Hall–Kier alpha value is -0.610. The second-order valence-corrected chi connectivity index (χ2v) is 3.69. The van der Waals surface area contributed by atoms with Gasteiger partial charge in [-0.2, -0.15) is 0 Å². The fourth-order valence-electron chi connectivity index (χ4n) is 2.31. The van der Waals surface area contributed by atoms with Crippen LogP contribution in [0.5, 0.6) is 0 Å². The summed E-state index contributed by atoms with van der Waals surface area (Å²) in [5, 5.41) is 12.1.